The van der Waals surface area contributed by atoms with Crippen LogP contribution in [-0.4, -0.2) is 47.3 Å². The Morgan fingerprint density at radius 1 is 1.07 bits per heavy atom. The summed E-state index contributed by atoms with van der Waals surface area (Å²) in [4.78, 5) is 15.0. The van der Waals surface area contributed by atoms with Gasteiger partial charge in [-0.15, -0.1) is 10.2 Å². The summed E-state index contributed by atoms with van der Waals surface area (Å²) >= 11 is 3.01. The third kappa shape index (κ3) is 5.86. The van der Waals surface area contributed by atoms with Crippen LogP contribution in [0.2, 0.25) is 0 Å². The smallest absolute Gasteiger partial charge is 0.257 e. The van der Waals surface area contributed by atoms with Crippen molar-refractivity contribution in [2.45, 2.75) is 16.6 Å². The molecule has 1 saturated heterocycles. The lowest BCUT2D eigenvalue weighted by Crippen LogP contribution is -2.35. The maximum absolute atomic E-state index is 12.6. The molecule has 0 aliphatic carbocycles. The molecule has 2 heterocycles. The number of amides is 1. The normalized spacial score (nSPS) is 14.6. The van der Waals surface area contributed by atoms with E-state index in [-0.39, 0.29) is 5.91 Å². The molecular formula is C21H22N4O2S2. The largest absolute Gasteiger partial charge is 0.379 e. The van der Waals surface area contributed by atoms with Crippen LogP contribution in [0, 0.1) is 0 Å². The topological polar surface area (TPSA) is 67.4 Å². The number of carbonyl (C=O) groups is 1. The van der Waals surface area contributed by atoms with Gasteiger partial charge in [-0.1, -0.05) is 65.6 Å². The van der Waals surface area contributed by atoms with Crippen molar-refractivity contribution in [2.75, 3.05) is 31.6 Å². The Morgan fingerprint density at radius 3 is 2.69 bits per heavy atom. The molecule has 1 aliphatic heterocycles. The van der Waals surface area contributed by atoms with E-state index in [2.05, 4.69) is 38.6 Å². The molecule has 8 heteroatoms. The van der Waals surface area contributed by atoms with Crippen LogP contribution in [0.3, 0.4) is 0 Å². The lowest BCUT2D eigenvalue weighted by atomic mass is 10.1. The van der Waals surface area contributed by atoms with Gasteiger partial charge in [0.25, 0.3) is 5.91 Å². The van der Waals surface area contributed by atoms with Crippen LogP contribution in [-0.2, 0) is 17.0 Å². The Bertz CT molecular complexity index is 943. The predicted molar refractivity (Wildman–Crippen MR) is 116 cm³/mol. The van der Waals surface area contributed by atoms with Crippen molar-refractivity contribution in [3.05, 3.63) is 71.3 Å². The van der Waals surface area contributed by atoms with Gasteiger partial charge in [-0.05, 0) is 23.3 Å². The van der Waals surface area contributed by atoms with E-state index in [1.54, 1.807) is 11.8 Å². The molecule has 0 unspecified atom stereocenters. The Morgan fingerprint density at radius 2 is 1.86 bits per heavy atom. The number of nitrogens with zero attached hydrogens (tertiary/aromatic N) is 3. The summed E-state index contributed by atoms with van der Waals surface area (Å²) in [6.07, 6.45) is 0. The fourth-order valence-corrected chi connectivity index (χ4v) is 4.74. The quantitative estimate of drug-likeness (QED) is 0.456. The SMILES string of the molecule is O=C(Nc1nnc(SCc2ccccc2)s1)c1cccc(CN2CCOCC2)c1. The van der Waals surface area contributed by atoms with Gasteiger partial charge in [0.15, 0.2) is 4.34 Å². The Kier molecular flexibility index (Phi) is 6.89. The molecule has 1 aliphatic rings. The summed E-state index contributed by atoms with van der Waals surface area (Å²) in [6, 6.07) is 18.0. The summed E-state index contributed by atoms with van der Waals surface area (Å²) in [5.74, 6) is 0.664. The highest BCUT2D eigenvalue weighted by molar-refractivity contribution is 8.00. The first-order valence-corrected chi connectivity index (χ1v) is 11.3. The highest BCUT2D eigenvalue weighted by atomic mass is 32.2. The standard InChI is InChI=1S/C21H22N4O2S2/c26-19(18-8-4-7-17(13-18)14-25-9-11-27-12-10-25)22-20-23-24-21(29-20)28-15-16-5-2-1-3-6-16/h1-8,13H,9-12,14-15H2,(H,22,23,26). The zero-order valence-corrected chi connectivity index (χ0v) is 17.5. The predicted octanol–water partition coefficient (Wildman–Crippen LogP) is 3.91. The van der Waals surface area contributed by atoms with Gasteiger partial charge < -0.3 is 4.74 Å². The van der Waals surface area contributed by atoms with Gasteiger partial charge in [0, 0.05) is 31.0 Å². The van der Waals surface area contributed by atoms with Gasteiger partial charge in [-0.3, -0.25) is 15.0 Å². The first-order chi connectivity index (χ1) is 14.3. The molecular weight excluding hydrogens is 404 g/mol. The molecule has 3 aromatic rings. The minimum Gasteiger partial charge on any atom is -0.379 e. The van der Waals surface area contributed by atoms with Crippen molar-refractivity contribution in [1.29, 1.82) is 0 Å². The monoisotopic (exact) mass is 426 g/mol. The first kappa shape index (κ1) is 20.0. The molecule has 1 N–H and O–H groups in total. The fraction of sp³-hybridized carbons (Fsp3) is 0.286. The third-order valence-corrected chi connectivity index (χ3v) is 6.57. The van der Waals surface area contributed by atoms with E-state index in [0.29, 0.717) is 10.7 Å². The zero-order chi connectivity index (χ0) is 19.9. The average molecular weight is 427 g/mol. The number of ether oxygens (including phenoxy) is 1. The number of thioether (sulfide) groups is 1. The van der Waals surface area contributed by atoms with Crippen molar-refractivity contribution in [2.24, 2.45) is 0 Å². The lowest BCUT2D eigenvalue weighted by Gasteiger charge is -2.26. The van der Waals surface area contributed by atoms with E-state index >= 15 is 0 Å². The van der Waals surface area contributed by atoms with Crippen molar-refractivity contribution in [3.8, 4) is 0 Å². The third-order valence-electron chi connectivity index (χ3n) is 4.53. The molecule has 1 fully saturated rings. The van der Waals surface area contributed by atoms with Gasteiger partial charge in [0.05, 0.1) is 13.2 Å². The molecule has 0 atom stereocenters. The second-order valence-corrected chi connectivity index (χ2v) is 8.89. The van der Waals surface area contributed by atoms with Gasteiger partial charge >= 0.3 is 0 Å². The number of aromatic nitrogens is 2. The van der Waals surface area contributed by atoms with Crippen LogP contribution in [0.4, 0.5) is 5.13 Å². The molecule has 6 nitrogen and oxygen atoms in total. The summed E-state index contributed by atoms with van der Waals surface area (Å²) in [5, 5.41) is 11.7. The van der Waals surface area contributed by atoms with E-state index in [1.807, 2.05) is 36.4 Å². The minimum absolute atomic E-state index is 0.162. The Balaban J connectivity index is 1.33. The number of morpholine rings is 1. The molecule has 1 amide bonds. The first-order valence-electron chi connectivity index (χ1n) is 9.47. The number of benzene rings is 2. The summed E-state index contributed by atoms with van der Waals surface area (Å²) in [6.45, 7) is 4.20. The molecule has 0 saturated carbocycles. The summed E-state index contributed by atoms with van der Waals surface area (Å²) in [5.41, 5.74) is 2.98. The zero-order valence-electron chi connectivity index (χ0n) is 15.9. The van der Waals surface area contributed by atoms with Gasteiger partial charge in [-0.25, -0.2) is 0 Å². The van der Waals surface area contributed by atoms with Crippen molar-refractivity contribution >= 4 is 34.1 Å². The maximum Gasteiger partial charge on any atom is 0.257 e. The number of nitrogens with one attached hydrogen (secondary N) is 1. The van der Waals surface area contributed by atoms with Gasteiger partial charge in [-0.2, -0.15) is 0 Å². The molecule has 150 valence electrons. The van der Waals surface area contributed by atoms with Crippen LogP contribution < -0.4 is 5.32 Å². The molecule has 4 rings (SSSR count). The average Bonchev–Trinajstić information content (AvgIpc) is 3.21. The molecule has 0 radical (unpaired) electrons. The molecule has 29 heavy (non-hydrogen) atoms. The second kappa shape index (κ2) is 9.98. The number of hydrogen-bond donors (Lipinski definition) is 1. The van der Waals surface area contributed by atoms with Crippen LogP contribution in [0.25, 0.3) is 0 Å². The van der Waals surface area contributed by atoms with E-state index in [9.17, 15) is 4.79 Å². The molecule has 2 aromatic carbocycles. The lowest BCUT2D eigenvalue weighted by molar-refractivity contribution is 0.0342. The Hall–Kier alpha value is -2.26. The highest BCUT2D eigenvalue weighted by Crippen LogP contribution is 2.28. The van der Waals surface area contributed by atoms with Crippen molar-refractivity contribution in [1.82, 2.24) is 15.1 Å². The van der Waals surface area contributed by atoms with E-state index in [4.69, 9.17) is 4.74 Å². The minimum atomic E-state index is -0.162. The van der Waals surface area contributed by atoms with Crippen molar-refractivity contribution < 1.29 is 9.53 Å². The van der Waals surface area contributed by atoms with Crippen LogP contribution in [0.5, 0.6) is 0 Å². The van der Waals surface area contributed by atoms with E-state index in [1.165, 1.54) is 16.9 Å². The van der Waals surface area contributed by atoms with Gasteiger partial charge in [0.1, 0.15) is 0 Å². The number of hydrogen-bond acceptors (Lipinski definition) is 7. The Labute approximate surface area is 178 Å². The molecule has 0 bridgehead atoms. The van der Waals surface area contributed by atoms with E-state index < -0.39 is 0 Å². The molecule has 1 aromatic heterocycles. The van der Waals surface area contributed by atoms with Crippen molar-refractivity contribution in [3.63, 3.8) is 0 Å². The summed E-state index contributed by atoms with van der Waals surface area (Å²) < 4.78 is 6.23. The maximum atomic E-state index is 12.6. The van der Waals surface area contributed by atoms with Crippen LogP contribution in [0.1, 0.15) is 21.5 Å². The van der Waals surface area contributed by atoms with E-state index in [0.717, 1.165) is 48.5 Å². The van der Waals surface area contributed by atoms with Crippen LogP contribution in [0.15, 0.2) is 58.9 Å². The fourth-order valence-electron chi connectivity index (χ4n) is 3.04. The second-order valence-electron chi connectivity index (χ2n) is 6.69. The van der Waals surface area contributed by atoms with Crippen LogP contribution >= 0.6 is 23.1 Å². The molecule has 0 spiro atoms. The number of rotatable bonds is 7. The van der Waals surface area contributed by atoms with Gasteiger partial charge in [0.2, 0.25) is 5.13 Å². The number of carbonyl (C=O) groups excluding carboxylic acids is 1. The highest BCUT2D eigenvalue weighted by Gasteiger charge is 2.14. The summed E-state index contributed by atoms with van der Waals surface area (Å²) in [7, 11) is 0. The number of anilines is 1.